The Balaban J connectivity index is 0.821. The first-order chi connectivity index (χ1) is 32.3. The molecule has 1 aliphatic rings. The van der Waals surface area contributed by atoms with Crippen LogP contribution in [0.2, 0.25) is 0 Å². The number of methoxy groups -OCH3 is 1. The van der Waals surface area contributed by atoms with Crippen molar-refractivity contribution in [3.05, 3.63) is 94.3 Å². The number of rotatable bonds is 29. The summed E-state index contributed by atoms with van der Waals surface area (Å²) in [6.45, 7) is 12.0. The first-order valence-electron chi connectivity index (χ1n) is 22.5. The van der Waals surface area contributed by atoms with Gasteiger partial charge in [0, 0.05) is 50.5 Å². The van der Waals surface area contributed by atoms with Crippen LogP contribution < -0.4 is 21.7 Å². The number of nitrogens with two attached hydrogens (primary N) is 1. The first kappa shape index (κ1) is 51.7. The fraction of sp³-hybridized carbons (Fsp3) is 0.479. The number of anilines is 1. The van der Waals surface area contributed by atoms with Crippen molar-refractivity contribution in [2.75, 3.05) is 98.1 Å². The van der Waals surface area contributed by atoms with Gasteiger partial charge < -0.3 is 55.2 Å². The van der Waals surface area contributed by atoms with E-state index in [1.54, 1.807) is 48.5 Å². The number of aryl methyl sites for hydroxylation is 1. The molecule has 19 heteroatoms. The maximum absolute atomic E-state index is 12.9. The van der Waals surface area contributed by atoms with Crippen molar-refractivity contribution >= 4 is 40.7 Å². The highest BCUT2D eigenvalue weighted by Crippen LogP contribution is 2.37. The number of primary amides is 1. The van der Waals surface area contributed by atoms with Gasteiger partial charge in [-0.1, -0.05) is 19.9 Å². The summed E-state index contributed by atoms with van der Waals surface area (Å²) in [7, 11) is 1.42. The van der Waals surface area contributed by atoms with Crippen LogP contribution in [0.4, 0.5) is 17.1 Å². The molecule has 67 heavy (non-hydrogen) atoms. The topological polar surface area (TPSA) is 255 Å². The van der Waals surface area contributed by atoms with E-state index in [2.05, 4.69) is 40.0 Å². The van der Waals surface area contributed by atoms with Gasteiger partial charge in [-0.15, -0.1) is 5.11 Å². The van der Waals surface area contributed by atoms with Crippen LogP contribution >= 0.6 is 0 Å². The largest absolute Gasteiger partial charge is 0.506 e. The van der Waals surface area contributed by atoms with Gasteiger partial charge in [-0.2, -0.15) is 10.2 Å². The first-order valence-corrected chi connectivity index (χ1v) is 22.5. The molecular weight excluding hydrogens is 863 g/mol. The van der Waals surface area contributed by atoms with Gasteiger partial charge in [0.15, 0.2) is 5.78 Å². The molecule has 1 heterocycles. The number of nitrogens with zero attached hydrogens (tertiary/aromatic N) is 4. The van der Waals surface area contributed by atoms with Crippen LogP contribution in [0.3, 0.4) is 0 Å². The molecule has 2 amide bonds. The fourth-order valence-electron chi connectivity index (χ4n) is 7.23. The molecule has 362 valence electrons. The molecule has 0 saturated carbocycles. The quantitative estimate of drug-likeness (QED) is 0.0159. The maximum atomic E-state index is 12.9. The van der Waals surface area contributed by atoms with Gasteiger partial charge in [0.1, 0.15) is 11.4 Å². The average Bonchev–Trinajstić information content (AvgIpc) is 3.63. The number of amidine groups is 1. The van der Waals surface area contributed by atoms with Crippen LogP contribution in [0.25, 0.3) is 5.69 Å². The fourth-order valence-corrected chi connectivity index (χ4v) is 7.23. The molecule has 0 aliphatic heterocycles. The van der Waals surface area contributed by atoms with Gasteiger partial charge in [0.05, 0.1) is 93.9 Å². The van der Waals surface area contributed by atoms with E-state index in [1.807, 2.05) is 23.7 Å². The highest BCUT2D eigenvalue weighted by molar-refractivity contribution is 6.00. The Morgan fingerprint density at radius 1 is 0.806 bits per heavy atom. The third kappa shape index (κ3) is 16.8. The molecule has 3 aromatic carbocycles. The third-order valence-electron chi connectivity index (χ3n) is 10.6. The highest BCUT2D eigenvalue weighted by atomic mass is 16.6. The molecular formula is C48H65N9O10. The molecule has 1 aliphatic carbocycles. The summed E-state index contributed by atoms with van der Waals surface area (Å²) >= 11 is 0. The highest BCUT2D eigenvalue weighted by Gasteiger charge is 2.36. The normalized spacial score (nSPS) is 13.1. The number of carbonyl (C=O) groups excluding carboxylic acids is 3. The molecule has 7 N–H and O–H groups in total. The molecule has 0 atom stereocenters. The van der Waals surface area contributed by atoms with E-state index in [9.17, 15) is 19.5 Å². The molecule has 0 bridgehead atoms. The summed E-state index contributed by atoms with van der Waals surface area (Å²) in [4.78, 5) is 37.6. The van der Waals surface area contributed by atoms with E-state index in [-0.39, 0.29) is 28.9 Å². The Labute approximate surface area is 391 Å². The number of carbonyl (C=O) groups is 3. The summed E-state index contributed by atoms with van der Waals surface area (Å²) in [6, 6.07) is 17.1. The zero-order chi connectivity index (χ0) is 48.0. The monoisotopic (exact) mass is 927 g/mol. The number of nitrogens with one attached hydrogen (secondary N) is 4. The summed E-state index contributed by atoms with van der Waals surface area (Å²) < 4.78 is 34.6. The van der Waals surface area contributed by atoms with Crippen LogP contribution in [0, 0.1) is 17.7 Å². The number of phenols is 1. The molecule has 0 spiro atoms. The third-order valence-corrected chi connectivity index (χ3v) is 10.6. The van der Waals surface area contributed by atoms with E-state index in [0.717, 1.165) is 23.4 Å². The number of ether oxygens (including phenoxy) is 6. The van der Waals surface area contributed by atoms with Crippen molar-refractivity contribution in [3.8, 4) is 11.4 Å². The number of azo groups is 1. The Bertz CT molecular complexity index is 2280. The smallest absolute Gasteiger partial charge is 0.281 e. The summed E-state index contributed by atoms with van der Waals surface area (Å²) in [5, 5.41) is 39.8. The lowest BCUT2D eigenvalue weighted by atomic mass is 9.75. The van der Waals surface area contributed by atoms with Crippen molar-refractivity contribution < 1.29 is 47.9 Å². The number of Topliss-reactive ketones (excluding diaryl/α,β-unsaturated/α-hetero) is 1. The predicted octanol–water partition coefficient (Wildman–Crippen LogP) is 5.97. The van der Waals surface area contributed by atoms with Crippen molar-refractivity contribution in [1.82, 2.24) is 20.4 Å². The van der Waals surface area contributed by atoms with Gasteiger partial charge >= 0.3 is 0 Å². The minimum Gasteiger partial charge on any atom is -0.506 e. The number of hydrogen-bond donors (Lipinski definition) is 6. The molecule has 0 unspecified atom stereocenters. The van der Waals surface area contributed by atoms with Crippen molar-refractivity contribution in [1.29, 1.82) is 5.41 Å². The molecule has 4 aromatic rings. The number of ketones is 1. The number of hydrogen-bond acceptors (Lipinski definition) is 15. The summed E-state index contributed by atoms with van der Waals surface area (Å²) in [6.07, 6.45) is 3.14. The number of aromatic hydroxyl groups is 1. The van der Waals surface area contributed by atoms with E-state index < -0.39 is 5.91 Å². The van der Waals surface area contributed by atoms with Crippen LogP contribution in [0.5, 0.6) is 5.75 Å². The Morgan fingerprint density at radius 3 is 2.04 bits per heavy atom. The minimum absolute atomic E-state index is 0.00641. The number of amides is 2. The minimum atomic E-state index is -0.534. The van der Waals surface area contributed by atoms with Crippen LogP contribution in [0.15, 0.2) is 70.9 Å². The second-order valence-electron chi connectivity index (χ2n) is 16.6. The zero-order valence-electron chi connectivity index (χ0n) is 39.0. The maximum Gasteiger partial charge on any atom is 0.281 e. The van der Waals surface area contributed by atoms with Crippen LogP contribution in [0.1, 0.15) is 81.1 Å². The van der Waals surface area contributed by atoms with Gasteiger partial charge in [-0.3, -0.25) is 19.8 Å². The lowest BCUT2D eigenvalue weighted by molar-refractivity contribution is -0.0111. The Hall–Kier alpha value is -6.25. The molecule has 1 aromatic heterocycles. The number of fused-ring (bicyclic) bond motifs is 1. The van der Waals surface area contributed by atoms with Gasteiger partial charge in [-0.25, -0.2) is 4.68 Å². The van der Waals surface area contributed by atoms with Crippen LogP contribution in [-0.2, 0) is 41.3 Å². The Morgan fingerprint density at radius 2 is 1.43 bits per heavy atom. The summed E-state index contributed by atoms with van der Waals surface area (Å²) in [5.74, 6) is -0.638. The predicted molar refractivity (Wildman–Crippen MR) is 253 cm³/mol. The molecule has 5 rings (SSSR count). The van der Waals surface area contributed by atoms with E-state index >= 15 is 0 Å². The Kier molecular flexibility index (Phi) is 20.7. The molecule has 0 fully saturated rings. The van der Waals surface area contributed by atoms with E-state index in [4.69, 9.17) is 44.7 Å². The zero-order valence-corrected chi connectivity index (χ0v) is 39.0. The number of benzene rings is 3. The van der Waals surface area contributed by atoms with Gasteiger partial charge in [0.25, 0.3) is 17.8 Å². The lowest BCUT2D eigenvalue weighted by Gasteiger charge is -2.29. The summed E-state index contributed by atoms with van der Waals surface area (Å²) in [5.41, 5.74) is 11.7. The second kappa shape index (κ2) is 26.8. The molecule has 0 radical (unpaired) electrons. The van der Waals surface area contributed by atoms with Gasteiger partial charge in [0.2, 0.25) is 0 Å². The van der Waals surface area contributed by atoms with Crippen molar-refractivity contribution in [3.63, 3.8) is 0 Å². The lowest BCUT2D eigenvalue weighted by Crippen LogP contribution is -2.28. The number of aromatic nitrogens is 2. The average molecular weight is 928 g/mol. The number of phenolic OH excluding ortho intramolecular Hbond substituents is 1. The van der Waals surface area contributed by atoms with E-state index in [0.29, 0.717) is 151 Å². The van der Waals surface area contributed by atoms with Crippen molar-refractivity contribution in [2.24, 2.45) is 21.4 Å². The van der Waals surface area contributed by atoms with Gasteiger partial charge in [-0.05, 0) is 98.2 Å². The molecule has 19 nitrogen and oxygen atoms in total. The second-order valence-corrected chi connectivity index (χ2v) is 16.6. The van der Waals surface area contributed by atoms with Crippen LogP contribution in [-0.4, -0.2) is 131 Å². The van der Waals surface area contributed by atoms with E-state index in [1.165, 1.54) is 7.11 Å². The van der Waals surface area contributed by atoms with Crippen molar-refractivity contribution in [2.45, 2.75) is 52.9 Å². The SMILES string of the molecule is COC(=N)NCCc1ccc(/N=N/c2ccc(C(=O)NCCCOCCOCCOCCOCCOCCCNc3cc(-n4nc(C)c5c4CC(C)(C)CC5=O)ccc3C(N)=O)cc2)c(O)c1. The molecule has 0 saturated heterocycles. The standard InChI is InChI=1S/C48H65N9O10/c1-33-44-41(31-48(2,3)32-43(44)59)57(56-33)37-12-13-38(45(49)60)40(30-37)51-16-5-19-63-21-23-65-25-27-67-28-26-66-24-22-64-20-6-17-52-46(61)35-8-10-36(11-9-35)54-55-39-14-7-34(29-42(39)58)15-18-53-47(50)62-4/h7-14,29-30,51,58H,5-6,15-28,31-32H2,1-4H3,(H2,49,60)(H2,50,53)(H,52,61)/b55-54+.